The summed E-state index contributed by atoms with van der Waals surface area (Å²) in [5.74, 6) is 0.247. The molecule has 0 heterocycles. The fraction of sp³-hybridized carbons (Fsp3) is 0.929. The predicted octanol–water partition coefficient (Wildman–Crippen LogP) is 0.541. The van der Waals surface area contributed by atoms with Crippen LogP contribution in [0.1, 0.15) is 25.7 Å². The summed E-state index contributed by atoms with van der Waals surface area (Å²) in [4.78, 5) is 16.6. The number of amides is 1. The molecule has 0 aromatic heterocycles. The number of methoxy groups -OCH3 is 1. The van der Waals surface area contributed by atoms with Crippen LogP contribution in [-0.2, 0) is 9.53 Å². The van der Waals surface area contributed by atoms with Crippen molar-refractivity contribution in [2.24, 2.45) is 11.7 Å². The second kappa shape index (κ2) is 8.51. The molecule has 0 aromatic carbocycles. The van der Waals surface area contributed by atoms with Crippen LogP contribution in [0.3, 0.4) is 0 Å². The fourth-order valence-electron chi connectivity index (χ4n) is 2.64. The monoisotopic (exact) mass is 271 g/mol. The minimum atomic E-state index is 0.0243. The molecule has 5 nitrogen and oxygen atoms in total. The lowest BCUT2D eigenvalue weighted by molar-refractivity contribution is -0.136. The zero-order valence-electron chi connectivity index (χ0n) is 12.6. The van der Waals surface area contributed by atoms with Crippen LogP contribution in [0, 0.1) is 5.92 Å². The first-order valence-corrected chi connectivity index (χ1v) is 7.24. The summed E-state index contributed by atoms with van der Waals surface area (Å²) in [6, 6.07) is 0.0476. The van der Waals surface area contributed by atoms with E-state index in [1.54, 1.807) is 7.11 Å². The van der Waals surface area contributed by atoms with Gasteiger partial charge in [0.15, 0.2) is 0 Å². The van der Waals surface area contributed by atoms with E-state index in [4.69, 9.17) is 10.5 Å². The van der Waals surface area contributed by atoms with Gasteiger partial charge in [0.25, 0.3) is 0 Å². The highest BCUT2D eigenvalue weighted by Gasteiger charge is 2.32. The van der Waals surface area contributed by atoms with Crippen LogP contribution in [0.25, 0.3) is 0 Å². The van der Waals surface area contributed by atoms with Crippen molar-refractivity contribution >= 4 is 5.91 Å². The van der Waals surface area contributed by atoms with E-state index in [-0.39, 0.29) is 17.9 Å². The van der Waals surface area contributed by atoms with E-state index in [0.29, 0.717) is 13.2 Å². The largest absolute Gasteiger partial charge is 0.383 e. The summed E-state index contributed by atoms with van der Waals surface area (Å²) >= 11 is 0. The van der Waals surface area contributed by atoms with Gasteiger partial charge in [-0.2, -0.15) is 0 Å². The lowest BCUT2D eigenvalue weighted by Crippen LogP contribution is -2.44. The highest BCUT2D eigenvalue weighted by atomic mass is 16.5. The van der Waals surface area contributed by atoms with E-state index >= 15 is 0 Å². The molecule has 0 spiro atoms. The first-order valence-electron chi connectivity index (χ1n) is 7.24. The van der Waals surface area contributed by atoms with Crippen LogP contribution in [0.4, 0.5) is 0 Å². The molecule has 5 heteroatoms. The molecule has 0 bridgehead atoms. The lowest BCUT2D eigenvalue weighted by atomic mass is 10.0. The van der Waals surface area contributed by atoms with E-state index in [2.05, 4.69) is 4.90 Å². The average molecular weight is 271 g/mol. The maximum absolute atomic E-state index is 12.5. The Morgan fingerprint density at radius 3 is 2.53 bits per heavy atom. The number of hydrogen-bond donors (Lipinski definition) is 1. The molecule has 1 rings (SSSR count). The summed E-state index contributed by atoms with van der Waals surface area (Å²) in [5.41, 5.74) is 6.04. The normalized spacial score (nSPS) is 23.0. The van der Waals surface area contributed by atoms with Crippen molar-refractivity contribution in [3.63, 3.8) is 0 Å². The molecule has 1 amide bonds. The van der Waals surface area contributed by atoms with Gasteiger partial charge in [0.2, 0.25) is 5.91 Å². The van der Waals surface area contributed by atoms with E-state index in [1.165, 1.54) is 0 Å². The van der Waals surface area contributed by atoms with Gasteiger partial charge in [0.05, 0.1) is 12.5 Å². The van der Waals surface area contributed by atoms with E-state index < -0.39 is 0 Å². The molecule has 0 radical (unpaired) electrons. The summed E-state index contributed by atoms with van der Waals surface area (Å²) < 4.78 is 5.10. The van der Waals surface area contributed by atoms with Crippen molar-refractivity contribution in [1.82, 2.24) is 9.80 Å². The Kier molecular flexibility index (Phi) is 7.34. The summed E-state index contributed by atoms with van der Waals surface area (Å²) in [7, 11) is 5.77. The first kappa shape index (κ1) is 16.4. The van der Waals surface area contributed by atoms with Crippen molar-refractivity contribution in [2.75, 3.05) is 47.4 Å². The summed E-state index contributed by atoms with van der Waals surface area (Å²) in [6.07, 6.45) is 3.99. The van der Waals surface area contributed by atoms with Gasteiger partial charge >= 0.3 is 0 Å². The SMILES string of the molecule is COCCN(CCCN(C)C)C(=O)C1CCCC1N. The average Bonchev–Trinajstić information content (AvgIpc) is 2.78. The molecule has 2 N–H and O–H groups in total. The van der Waals surface area contributed by atoms with Gasteiger partial charge in [-0.3, -0.25) is 4.79 Å². The summed E-state index contributed by atoms with van der Waals surface area (Å²) in [5, 5.41) is 0. The molecule has 0 aromatic rings. The highest BCUT2D eigenvalue weighted by Crippen LogP contribution is 2.25. The molecule has 1 aliphatic carbocycles. The van der Waals surface area contributed by atoms with E-state index in [9.17, 15) is 4.79 Å². The molecule has 1 aliphatic rings. The Labute approximate surface area is 117 Å². The summed E-state index contributed by atoms with van der Waals surface area (Å²) in [6.45, 7) is 3.05. The van der Waals surface area contributed by atoms with Gasteiger partial charge in [-0.05, 0) is 39.9 Å². The second-order valence-corrected chi connectivity index (χ2v) is 5.68. The van der Waals surface area contributed by atoms with Crippen LogP contribution in [0.2, 0.25) is 0 Å². The van der Waals surface area contributed by atoms with Gasteiger partial charge < -0.3 is 20.3 Å². The number of hydrogen-bond acceptors (Lipinski definition) is 4. The molecule has 1 fully saturated rings. The van der Waals surface area contributed by atoms with Gasteiger partial charge in [0.1, 0.15) is 0 Å². The second-order valence-electron chi connectivity index (χ2n) is 5.68. The number of nitrogens with zero attached hydrogens (tertiary/aromatic N) is 2. The van der Waals surface area contributed by atoms with Crippen molar-refractivity contribution < 1.29 is 9.53 Å². The third-order valence-electron chi connectivity index (χ3n) is 3.80. The third-order valence-corrected chi connectivity index (χ3v) is 3.80. The molecule has 2 unspecified atom stereocenters. The van der Waals surface area contributed by atoms with Crippen LogP contribution >= 0.6 is 0 Å². The Morgan fingerprint density at radius 1 is 1.26 bits per heavy atom. The molecule has 1 saturated carbocycles. The molecular formula is C14H29N3O2. The van der Waals surface area contributed by atoms with Crippen molar-refractivity contribution in [3.8, 4) is 0 Å². The highest BCUT2D eigenvalue weighted by molar-refractivity contribution is 5.79. The molecular weight excluding hydrogens is 242 g/mol. The van der Waals surface area contributed by atoms with Crippen molar-refractivity contribution in [3.05, 3.63) is 0 Å². The van der Waals surface area contributed by atoms with Crippen LogP contribution in [0.5, 0.6) is 0 Å². The maximum Gasteiger partial charge on any atom is 0.227 e. The Bertz CT molecular complexity index is 271. The maximum atomic E-state index is 12.5. The molecule has 0 saturated heterocycles. The smallest absolute Gasteiger partial charge is 0.227 e. The van der Waals surface area contributed by atoms with Crippen molar-refractivity contribution in [1.29, 1.82) is 0 Å². The molecule has 0 aliphatic heterocycles. The number of rotatable bonds is 8. The molecule has 2 atom stereocenters. The third kappa shape index (κ3) is 5.47. The topological polar surface area (TPSA) is 58.8 Å². The van der Waals surface area contributed by atoms with Gasteiger partial charge in [0, 0.05) is 26.2 Å². The van der Waals surface area contributed by atoms with Crippen LogP contribution < -0.4 is 5.73 Å². The van der Waals surface area contributed by atoms with Gasteiger partial charge in [-0.15, -0.1) is 0 Å². The van der Waals surface area contributed by atoms with Gasteiger partial charge in [-0.25, -0.2) is 0 Å². The predicted molar refractivity (Wildman–Crippen MR) is 76.9 cm³/mol. The zero-order chi connectivity index (χ0) is 14.3. The quantitative estimate of drug-likeness (QED) is 0.700. The van der Waals surface area contributed by atoms with Crippen molar-refractivity contribution in [2.45, 2.75) is 31.7 Å². The number of carbonyl (C=O) groups excluding carboxylic acids is 1. The fourth-order valence-corrected chi connectivity index (χ4v) is 2.64. The van der Waals surface area contributed by atoms with E-state index in [0.717, 1.165) is 38.8 Å². The zero-order valence-corrected chi connectivity index (χ0v) is 12.6. The van der Waals surface area contributed by atoms with E-state index in [1.807, 2.05) is 19.0 Å². The number of nitrogens with two attached hydrogens (primary N) is 1. The van der Waals surface area contributed by atoms with Crippen LogP contribution in [0.15, 0.2) is 0 Å². The number of carbonyl (C=O) groups is 1. The minimum Gasteiger partial charge on any atom is -0.383 e. The van der Waals surface area contributed by atoms with Gasteiger partial charge in [-0.1, -0.05) is 6.42 Å². The minimum absolute atomic E-state index is 0.0243. The Morgan fingerprint density at radius 2 is 2.00 bits per heavy atom. The first-order chi connectivity index (χ1) is 9.06. The number of ether oxygens (including phenoxy) is 1. The standard InChI is InChI=1S/C14H29N3O2/c1-16(2)8-5-9-17(10-11-19-3)14(18)12-6-4-7-13(12)15/h12-13H,4-11,15H2,1-3H3. The Balaban J connectivity index is 2.48. The lowest BCUT2D eigenvalue weighted by Gasteiger charge is -2.27. The molecule has 112 valence electrons. The van der Waals surface area contributed by atoms with Crippen LogP contribution in [-0.4, -0.2) is 69.2 Å². The Hall–Kier alpha value is -0.650. The molecule has 19 heavy (non-hydrogen) atoms.